The third-order valence-corrected chi connectivity index (χ3v) is 4.34. The number of nitrogens with two attached hydrogens (primary N) is 1. The number of anilines is 1. The Hall–Kier alpha value is -1.25. The first-order valence-corrected chi connectivity index (χ1v) is 7.62. The minimum atomic E-state index is -4.07. The Bertz CT molecular complexity index is 564. The lowest BCUT2D eigenvalue weighted by atomic mass is 10.1. The number of halogens is 2. The Kier molecular flexibility index (Phi) is 5.85. The Morgan fingerprint density at radius 2 is 2.05 bits per heavy atom. The van der Waals surface area contributed by atoms with Crippen LogP contribution >= 0.6 is 0 Å². The Labute approximate surface area is 116 Å². The van der Waals surface area contributed by atoms with Gasteiger partial charge in [0.15, 0.2) is 5.82 Å². The van der Waals surface area contributed by atoms with Gasteiger partial charge < -0.3 is 10.8 Å². The molecule has 5 nitrogen and oxygen atoms in total. The number of aliphatic hydroxyl groups is 1. The van der Waals surface area contributed by atoms with E-state index in [1.54, 1.807) is 0 Å². The molecule has 1 aromatic rings. The molecule has 0 bridgehead atoms. The molecule has 0 aromatic heterocycles. The van der Waals surface area contributed by atoms with Gasteiger partial charge in [-0.25, -0.2) is 21.9 Å². The zero-order valence-electron chi connectivity index (χ0n) is 11.1. The largest absolute Gasteiger partial charge is 0.396 e. The van der Waals surface area contributed by atoms with Gasteiger partial charge in [-0.15, -0.1) is 0 Å². The quantitative estimate of drug-likeness (QED) is 0.522. The molecule has 1 atom stereocenters. The third-order valence-electron chi connectivity index (χ3n) is 2.86. The van der Waals surface area contributed by atoms with Crippen molar-refractivity contribution in [3.63, 3.8) is 0 Å². The van der Waals surface area contributed by atoms with E-state index in [1.807, 2.05) is 6.92 Å². The fourth-order valence-corrected chi connectivity index (χ4v) is 2.74. The van der Waals surface area contributed by atoms with Crippen molar-refractivity contribution >= 4 is 15.7 Å². The van der Waals surface area contributed by atoms with Gasteiger partial charge in [0.2, 0.25) is 10.0 Å². The molecule has 0 aliphatic rings. The number of benzene rings is 1. The van der Waals surface area contributed by atoms with Crippen LogP contribution in [0.4, 0.5) is 14.5 Å². The second-order valence-electron chi connectivity index (χ2n) is 4.60. The van der Waals surface area contributed by atoms with E-state index in [-0.39, 0.29) is 19.1 Å². The van der Waals surface area contributed by atoms with Gasteiger partial charge in [-0.1, -0.05) is 6.92 Å². The number of nitrogens with one attached hydrogen (secondary N) is 1. The van der Waals surface area contributed by atoms with Crippen molar-refractivity contribution in [2.24, 2.45) is 5.92 Å². The molecule has 8 heteroatoms. The highest BCUT2D eigenvalue weighted by Crippen LogP contribution is 2.22. The van der Waals surface area contributed by atoms with Crippen LogP contribution in [-0.2, 0) is 10.0 Å². The SMILES string of the molecule is CC(CO)CCCNS(=O)(=O)c1ccc(F)c(N)c1F. The molecule has 0 saturated heterocycles. The summed E-state index contributed by atoms with van der Waals surface area (Å²) in [6.07, 6.45) is 1.13. The van der Waals surface area contributed by atoms with E-state index in [2.05, 4.69) is 4.72 Å². The summed E-state index contributed by atoms with van der Waals surface area (Å²) in [4.78, 5) is -0.674. The molecular formula is C12H18F2N2O3S. The van der Waals surface area contributed by atoms with Crippen molar-refractivity contribution in [2.45, 2.75) is 24.7 Å². The molecule has 0 spiro atoms. The van der Waals surface area contributed by atoms with E-state index in [0.29, 0.717) is 12.8 Å². The summed E-state index contributed by atoms with van der Waals surface area (Å²) in [6.45, 7) is 1.95. The third kappa shape index (κ3) is 4.12. The predicted molar refractivity (Wildman–Crippen MR) is 71.4 cm³/mol. The average molecular weight is 308 g/mol. The van der Waals surface area contributed by atoms with Crippen LogP contribution in [-0.4, -0.2) is 26.7 Å². The lowest BCUT2D eigenvalue weighted by Crippen LogP contribution is -2.26. The molecule has 0 aliphatic carbocycles. The Morgan fingerprint density at radius 3 is 2.65 bits per heavy atom. The van der Waals surface area contributed by atoms with Gasteiger partial charge in [0, 0.05) is 13.2 Å². The van der Waals surface area contributed by atoms with Gasteiger partial charge in [-0.05, 0) is 30.9 Å². The lowest BCUT2D eigenvalue weighted by Gasteiger charge is -2.10. The number of hydrogen-bond donors (Lipinski definition) is 3. The van der Waals surface area contributed by atoms with Crippen molar-refractivity contribution in [3.05, 3.63) is 23.8 Å². The summed E-state index contributed by atoms with van der Waals surface area (Å²) >= 11 is 0. The van der Waals surface area contributed by atoms with Gasteiger partial charge in [0.1, 0.15) is 16.4 Å². The summed E-state index contributed by atoms with van der Waals surface area (Å²) in [5, 5.41) is 8.83. The second-order valence-corrected chi connectivity index (χ2v) is 6.34. The van der Waals surface area contributed by atoms with Crippen LogP contribution in [0.1, 0.15) is 19.8 Å². The van der Waals surface area contributed by atoms with E-state index in [9.17, 15) is 17.2 Å². The Balaban J connectivity index is 2.73. The van der Waals surface area contributed by atoms with E-state index >= 15 is 0 Å². The van der Waals surface area contributed by atoms with Gasteiger partial charge in [0.05, 0.1) is 0 Å². The highest BCUT2D eigenvalue weighted by atomic mass is 32.2. The summed E-state index contributed by atoms with van der Waals surface area (Å²) < 4.78 is 52.5. The van der Waals surface area contributed by atoms with E-state index in [0.717, 1.165) is 12.1 Å². The molecule has 0 aliphatic heterocycles. The topological polar surface area (TPSA) is 92.4 Å². The average Bonchev–Trinajstić information content (AvgIpc) is 2.40. The van der Waals surface area contributed by atoms with Crippen LogP contribution in [0.15, 0.2) is 17.0 Å². The number of nitrogen functional groups attached to an aromatic ring is 1. The van der Waals surface area contributed by atoms with Crippen molar-refractivity contribution < 1.29 is 22.3 Å². The van der Waals surface area contributed by atoms with Crippen molar-refractivity contribution in [1.29, 1.82) is 0 Å². The minimum absolute atomic E-state index is 0.0237. The van der Waals surface area contributed by atoms with Gasteiger partial charge in [-0.2, -0.15) is 0 Å². The van der Waals surface area contributed by atoms with Crippen LogP contribution < -0.4 is 10.5 Å². The highest BCUT2D eigenvalue weighted by molar-refractivity contribution is 7.89. The highest BCUT2D eigenvalue weighted by Gasteiger charge is 2.22. The molecule has 4 N–H and O–H groups in total. The monoisotopic (exact) mass is 308 g/mol. The fourth-order valence-electron chi connectivity index (χ4n) is 1.58. The summed E-state index contributed by atoms with van der Waals surface area (Å²) in [6, 6.07) is 1.64. The molecule has 0 amide bonds. The summed E-state index contributed by atoms with van der Waals surface area (Å²) in [5.74, 6) is -2.22. The van der Waals surface area contributed by atoms with Gasteiger partial charge in [-0.3, -0.25) is 0 Å². The molecule has 20 heavy (non-hydrogen) atoms. The maximum atomic E-state index is 13.6. The lowest BCUT2D eigenvalue weighted by molar-refractivity contribution is 0.228. The standard InChI is InChI=1S/C12H18F2N2O3S/c1-8(7-17)3-2-6-16-20(18,19)10-5-4-9(13)12(15)11(10)14/h4-5,8,16-17H,2-3,6-7,15H2,1H3. The van der Waals surface area contributed by atoms with E-state index < -0.39 is 32.2 Å². The van der Waals surface area contributed by atoms with Crippen molar-refractivity contribution in [2.75, 3.05) is 18.9 Å². The van der Waals surface area contributed by atoms with E-state index in [1.165, 1.54) is 0 Å². The maximum absolute atomic E-state index is 13.6. The van der Waals surface area contributed by atoms with Crippen molar-refractivity contribution in [3.8, 4) is 0 Å². The molecule has 0 heterocycles. The molecule has 114 valence electrons. The number of aliphatic hydroxyl groups excluding tert-OH is 1. The molecular weight excluding hydrogens is 290 g/mol. The van der Waals surface area contributed by atoms with Crippen LogP contribution in [0.25, 0.3) is 0 Å². The Morgan fingerprint density at radius 1 is 1.40 bits per heavy atom. The first kappa shape index (κ1) is 16.8. The number of sulfonamides is 1. The molecule has 1 rings (SSSR count). The van der Waals surface area contributed by atoms with Crippen LogP contribution in [0, 0.1) is 17.6 Å². The van der Waals surface area contributed by atoms with Crippen LogP contribution in [0.3, 0.4) is 0 Å². The van der Waals surface area contributed by atoms with E-state index in [4.69, 9.17) is 10.8 Å². The first-order valence-electron chi connectivity index (χ1n) is 6.13. The summed E-state index contributed by atoms with van der Waals surface area (Å²) in [5.41, 5.74) is 4.30. The number of hydrogen-bond acceptors (Lipinski definition) is 4. The van der Waals surface area contributed by atoms with Crippen LogP contribution in [0.2, 0.25) is 0 Å². The smallest absolute Gasteiger partial charge is 0.243 e. The molecule has 0 fully saturated rings. The normalized spacial score (nSPS) is 13.4. The maximum Gasteiger partial charge on any atom is 0.243 e. The molecule has 1 unspecified atom stereocenters. The molecule has 1 aromatic carbocycles. The number of rotatable bonds is 7. The molecule has 0 saturated carbocycles. The summed E-state index contributed by atoms with van der Waals surface area (Å²) in [7, 11) is -4.07. The fraction of sp³-hybridized carbons (Fsp3) is 0.500. The second kappa shape index (κ2) is 6.96. The molecule has 0 radical (unpaired) electrons. The first-order chi connectivity index (χ1) is 9.29. The van der Waals surface area contributed by atoms with Crippen molar-refractivity contribution in [1.82, 2.24) is 4.72 Å². The van der Waals surface area contributed by atoms with Gasteiger partial charge >= 0.3 is 0 Å². The zero-order valence-corrected chi connectivity index (χ0v) is 11.9. The van der Waals surface area contributed by atoms with Crippen LogP contribution in [0.5, 0.6) is 0 Å². The van der Waals surface area contributed by atoms with Gasteiger partial charge in [0.25, 0.3) is 0 Å². The minimum Gasteiger partial charge on any atom is -0.396 e. The zero-order chi connectivity index (χ0) is 15.3. The predicted octanol–water partition coefficient (Wildman–Crippen LogP) is 1.23.